The van der Waals surface area contributed by atoms with E-state index in [9.17, 15) is 4.79 Å². The molecular weight excluding hydrogens is 212 g/mol. The van der Waals surface area contributed by atoms with Gasteiger partial charge in [-0.2, -0.15) is 0 Å². The van der Waals surface area contributed by atoms with Crippen LogP contribution in [0.4, 0.5) is 4.79 Å². The molecule has 0 bridgehead atoms. The van der Waals surface area contributed by atoms with Crippen LogP contribution in [0.15, 0.2) is 12.3 Å². The lowest BCUT2D eigenvalue weighted by atomic mass is 10.4. The van der Waals surface area contributed by atoms with Crippen molar-refractivity contribution < 1.29 is 23.7 Å². The lowest BCUT2D eigenvalue weighted by Crippen LogP contribution is -2.16. The minimum absolute atomic E-state index is 0.0336. The molecule has 0 fully saturated rings. The lowest BCUT2D eigenvalue weighted by molar-refractivity contribution is -0.110. The summed E-state index contributed by atoms with van der Waals surface area (Å²) in [5.41, 5.74) is 0. The van der Waals surface area contributed by atoms with Crippen molar-refractivity contribution in [3.63, 3.8) is 0 Å². The molecule has 0 rings (SSSR count). The van der Waals surface area contributed by atoms with Gasteiger partial charge in [0, 0.05) is 0 Å². The highest BCUT2D eigenvalue weighted by molar-refractivity contribution is 5.59. The average molecular weight is 232 g/mol. The lowest BCUT2D eigenvalue weighted by Gasteiger charge is -2.16. The molecular formula is C11H20O5. The van der Waals surface area contributed by atoms with Gasteiger partial charge in [0.15, 0.2) is 12.9 Å². The SMILES string of the molecule is C=C(COC(=O)OC)OC(C)OCCCC. The van der Waals surface area contributed by atoms with E-state index in [-0.39, 0.29) is 12.9 Å². The molecule has 5 heteroatoms. The Kier molecular flexibility index (Phi) is 8.34. The van der Waals surface area contributed by atoms with Crippen LogP contribution in [0.2, 0.25) is 0 Å². The molecule has 0 radical (unpaired) electrons. The molecule has 0 amide bonds. The highest BCUT2D eigenvalue weighted by Gasteiger charge is 2.07. The van der Waals surface area contributed by atoms with Gasteiger partial charge in [0.25, 0.3) is 0 Å². The van der Waals surface area contributed by atoms with Crippen LogP contribution in [0, 0.1) is 0 Å². The summed E-state index contributed by atoms with van der Waals surface area (Å²) >= 11 is 0. The van der Waals surface area contributed by atoms with Gasteiger partial charge in [0.2, 0.25) is 0 Å². The summed E-state index contributed by atoms with van der Waals surface area (Å²) in [5, 5.41) is 0. The second-order valence-electron chi connectivity index (χ2n) is 3.19. The van der Waals surface area contributed by atoms with E-state index in [0.717, 1.165) is 12.8 Å². The van der Waals surface area contributed by atoms with Gasteiger partial charge < -0.3 is 18.9 Å². The molecule has 0 saturated heterocycles. The van der Waals surface area contributed by atoms with Crippen molar-refractivity contribution in [3.05, 3.63) is 12.3 Å². The Morgan fingerprint density at radius 1 is 1.44 bits per heavy atom. The molecule has 0 aliphatic rings. The molecule has 5 nitrogen and oxygen atoms in total. The van der Waals surface area contributed by atoms with Gasteiger partial charge in [-0.25, -0.2) is 4.79 Å². The van der Waals surface area contributed by atoms with E-state index in [4.69, 9.17) is 9.47 Å². The third-order valence-electron chi connectivity index (χ3n) is 1.70. The Morgan fingerprint density at radius 2 is 2.12 bits per heavy atom. The number of carbonyl (C=O) groups is 1. The molecule has 0 heterocycles. The molecule has 1 unspecified atom stereocenters. The Morgan fingerprint density at radius 3 is 2.69 bits per heavy atom. The second-order valence-corrected chi connectivity index (χ2v) is 3.19. The third-order valence-corrected chi connectivity index (χ3v) is 1.70. The van der Waals surface area contributed by atoms with Gasteiger partial charge in [0.1, 0.15) is 5.76 Å². The van der Waals surface area contributed by atoms with Crippen molar-refractivity contribution in [3.8, 4) is 0 Å². The fourth-order valence-corrected chi connectivity index (χ4v) is 0.895. The predicted octanol–water partition coefficient (Wildman–Crippen LogP) is 2.46. The first-order chi connectivity index (χ1) is 7.60. The monoisotopic (exact) mass is 232 g/mol. The summed E-state index contributed by atoms with van der Waals surface area (Å²) in [4.78, 5) is 10.6. The number of unbranched alkanes of at least 4 members (excludes halogenated alkanes) is 1. The summed E-state index contributed by atoms with van der Waals surface area (Å²) in [5.74, 6) is 0.328. The first-order valence-electron chi connectivity index (χ1n) is 5.27. The quantitative estimate of drug-likeness (QED) is 0.278. The topological polar surface area (TPSA) is 54.0 Å². The third kappa shape index (κ3) is 8.11. The standard InChI is InChI=1S/C11H20O5/c1-5-6-7-14-10(3)16-9(2)8-15-11(12)13-4/h10H,2,5-8H2,1,3-4H3. The van der Waals surface area contributed by atoms with Gasteiger partial charge in [-0.3, -0.25) is 0 Å². The molecule has 0 saturated carbocycles. The van der Waals surface area contributed by atoms with E-state index in [2.05, 4.69) is 23.0 Å². The zero-order chi connectivity index (χ0) is 12.4. The van der Waals surface area contributed by atoms with Crippen LogP contribution in [0.1, 0.15) is 26.7 Å². The molecule has 0 aliphatic heterocycles. The number of methoxy groups -OCH3 is 1. The number of hydrogen-bond acceptors (Lipinski definition) is 5. The maximum absolute atomic E-state index is 10.6. The van der Waals surface area contributed by atoms with Crippen LogP contribution < -0.4 is 0 Å². The zero-order valence-electron chi connectivity index (χ0n) is 10.2. The van der Waals surface area contributed by atoms with Gasteiger partial charge in [0.05, 0.1) is 13.7 Å². The van der Waals surface area contributed by atoms with Gasteiger partial charge in [-0.15, -0.1) is 0 Å². The molecule has 0 spiro atoms. The normalized spacial score (nSPS) is 11.7. The Labute approximate surface area is 96.3 Å². The summed E-state index contributed by atoms with van der Waals surface area (Å²) in [6.07, 6.45) is 0.905. The Balaban J connectivity index is 3.57. The Bertz CT molecular complexity index is 214. The number of ether oxygens (including phenoxy) is 4. The fourth-order valence-electron chi connectivity index (χ4n) is 0.895. The number of hydrogen-bond donors (Lipinski definition) is 0. The van der Waals surface area contributed by atoms with E-state index < -0.39 is 6.16 Å². The van der Waals surface area contributed by atoms with E-state index in [1.54, 1.807) is 6.92 Å². The van der Waals surface area contributed by atoms with Gasteiger partial charge in [-0.05, 0) is 13.3 Å². The molecule has 0 aromatic heterocycles. The number of carbonyl (C=O) groups excluding carboxylic acids is 1. The minimum Gasteiger partial charge on any atom is -0.467 e. The Hall–Kier alpha value is -1.23. The first-order valence-corrected chi connectivity index (χ1v) is 5.27. The highest BCUT2D eigenvalue weighted by Crippen LogP contribution is 2.04. The molecule has 0 aromatic carbocycles. The van der Waals surface area contributed by atoms with Crippen LogP contribution in [-0.4, -0.2) is 32.8 Å². The summed E-state index contributed by atoms with van der Waals surface area (Å²) in [7, 11) is 1.24. The second kappa shape index (κ2) is 9.03. The first kappa shape index (κ1) is 14.8. The smallest absolute Gasteiger partial charge is 0.467 e. The molecule has 16 heavy (non-hydrogen) atoms. The minimum atomic E-state index is -0.760. The average Bonchev–Trinajstić information content (AvgIpc) is 2.26. The summed E-state index contributed by atoms with van der Waals surface area (Å²) in [6, 6.07) is 0. The van der Waals surface area contributed by atoms with Gasteiger partial charge >= 0.3 is 6.16 Å². The van der Waals surface area contributed by atoms with Crippen LogP contribution in [0.25, 0.3) is 0 Å². The molecule has 94 valence electrons. The molecule has 0 N–H and O–H groups in total. The van der Waals surface area contributed by atoms with Crippen molar-refractivity contribution in [2.75, 3.05) is 20.3 Å². The van der Waals surface area contributed by atoms with E-state index in [1.807, 2.05) is 0 Å². The fraction of sp³-hybridized carbons (Fsp3) is 0.727. The van der Waals surface area contributed by atoms with E-state index in [0.29, 0.717) is 12.4 Å². The van der Waals surface area contributed by atoms with E-state index in [1.165, 1.54) is 7.11 Å². The van der Waals surface area contributed by atoms with Crippen LogP contribution >= 0.6 is 0 Å². The molecule has 0 aliphatic carbocycles. The van der Waals surface area contributed by atoms with Crippen molar-refractivity contribution >= 4 is 6.16 Å². The van der Waals surface area contributed by atoms with Crippen LogP contribution in [0.5, 0.6) is 0 Å². The van der Waals surface area contributed by atoms with Gasteiger partial charge in [-0.1, -0.05) is 19.9 Å². The van der Waals surface area contributed by atoms with Crippen molar-refractivity contribution in [1.82, 2.24) is 0 Å². The van der Waals surface area contributed by atoms with E-state index >= 15 is 0 Å². The van der Waals surface area contributed by atoms with Crippen LogP contribution in [0.3, 0.4) is 0 Å². The zero-order valence-corrected chi connectivity index (χ0v) is 10.2. The maximum atomic E-state index is 10.6. The number of rotatable bonds is 8. The maximum Gasteiger partial charge on any atom is 0.508 e. The molecule has 0 aromatic rings. The summed E-state index contributed by atoms with van der Waals surface area (Å²) < 4.78 is 19.5. The largest absolute Gasteiger partial charge is 0.508 e. The molecule has 1 atom stereocenters. The predicted molar refractivity (Wildman–Crippen MR) is 58.9 cm³/mol. The van der Waals surface area contributed by atoms with Crippen molar-refractivity contribution in [1.29, 1.82) is 0 Å². The highest BCUT2D eigenvalue weighted by atomic mass is 16.7. The van der Waals surface area contributed by atoms with Crippen LogP contribution in [-0.2, 0) is 18.9 Å². The van der Waals surface area contributed by atoms with Crippen molar-refractivity contribution in [2.24, 2.45) is 0 Å². The van der Waals surface area contributed by atoms with Crippen molar-refractivity contribution in [2.45, 2.75) is 33.0 Å². The summed E-state index contributed by atoms with van der Waals surface area (Å²) in [6.45, 7) is 8.05.